The molecule has 2 heterocycles. The highest BCUT2D eigenvalue weighted by Gasteiger charge is 2.25. The summed E-state index contributed by atoms with van der Waals surface area (Å²) < 4.78 is 0. The molecule has 1 aliphatic heterocycles. The van der Waals surface area contributed by atoms with Gasteiger partial charge in [-0.05, 0) is 31.4 Å². The van der Waals surface area contributed by atoms with Crippen molar-refractivity contribution in [1.29, 1.82) is 0 Å². The number of benzene rings is 1. The van der Waals surface area contributed by atoms with E-state index in [-0.39, 0.29) is 11.9 Å². The topological polar surface area (TPSA) is 69.6 Å². The van der Waals surface area contributed by atoms with Crippen molar-refractivity contribution in [1.82, 2.24) is 19.8 Å². The molecule has 0 unspecified atom stereocenters. The highest BCUT2D eigenvalue weighted by Crippen LogP contribution is 2.21. The number of amides is 1. The predicted molar refractivity (Wildman–Crippen MR) is 104 cm³/mol. The molecule has 1 saturated heterocycles. The number of aliphatic hydroxyl groups is 1. The zero-order valence-electron chi connectivity index (χ0n) is 15.9. The summed E-state index contributed by atoms with van der Waals surface area (Å²) in [6, 6.07) is 10.0. The van der Waals surface area contributed by atoms with Crippen LogP contribution in [0.2, 0.25) is 0 Å². The van der Waals surface area contributed by atoms with E-state index in [4.69, 9.17) is 0 Å². The number of aliphatic hydroxyl groups excluding tert-OH is 1. The molecule has 3 rings (SSSR count). The van der Waals surface area contributed by atoms with Crippen LogP contribution in [0.15, 0.2) is 49.1 Å². The number of carbonyl (C=O) groups excluding carboxylic acids is 1. The summed E-state index contributed by atoms with van der Waals surface area (Å²) >= 11 is 0. The van der Waals surface area contributed by atoms with Crippen molar-refractivity contribution >= 4 is 5.91 Å². The van der Waals surface area contributed by atoms with E-state index in [0.29, 0.717) is 13.1 Å². The molecule has 1 amide bonds. The largest absolute Gasteiger partial charge is 0.387 e. The normalized spacial score (nSPS) is 19.3. The second-order valence-electron chi connectivity index (χ2n) is 7.21. The van der Waals surface area contributed by atoms with Crippen molar-refractivity contribution in [3.63, 3.8) is 0 Å². The molecule has 0 radical (unpaired) electrons. The summed E-state index contributed by atoms with van der Waals surface area (Å²) in [5, 5.41) is 10.5. The maximum absolute atomic E-state index is 12.2. The molecule has 1 N–H and O–H groups in total. The number of hydrogen-bond donors (Lipinski definition) is 1. The number of β-amino-alcohol motifs (C(OH)–C–C–N with tert-alkyl or cyclic N) is 1. The van der Waals surface area contributed by atoms with E-state index in [1.165, 1.54) is 6.33 Å². The van der Waals surface area contributed by atoms with Gasteiger partial charge in [0, 0.05) is 50.6 Å². The van der Waals surface area contributed by atoms with Crippen LogP contribution in [0.1, 0.15) is 43.4 Å². The quantitative estimate of drug-likeness (QED) is 0.848. The van der Waals surface area contributed by atoms with E-state index in [2.05, 4.69) is 14.9 Å². The van der Waals surface area contributed by atoms with Crippen LogP contribution < -0.4 is 0 Å². The second kappa shape index (κ2) is 9.58. The SMILES string of the molecule is CC(=O)N(Cc1cncnc1)[C@@H]1CCCN(C[C@@H](O)c2ccccc2)CC1. The summed E-state index contributed by atoms with van der Waals surface area (Å²) in [6.07, 6.45) is 7.46. The Morgan fingerprint density at radius 1 is 1.22 bits per heavy atom. The zero-order valence-corrected chi connectivity index (χ0v) is 15.9. The minimum Gasteiger partial charge on any atom is -0.387 e. The van der Waals surface area contributed by atoms with E-state index in [1.54, 1.807) is 19.3 Å². The Bertz CT molecular complexity index is 711. The maximum Gasteiger partial charge on any atom is 0.219 e. The molecule has 0 saturated carbocycles. The Labute approximate surface area is 160 Å². The highest BCUT2D eigenvalue weighted by molar-refractivity contribution is 5.73. The Kier molecular flexibility index (Phi) is 6.90. The molecule has 144 valence electrons. The molecule has 27 heavy (non-hydrogen) atoms. The molecular formula is C21H28N4O2. The first-order chi connectivity index (χ1) is 13.1. The van der Waals surface area contributed by atoms with E-state index in [0.717, 1.165) is 43.5 Å². The first-order valence-corrected chi connectivity index (χ1v) is 9.60. The van der Waals surface area contributed by atoms with Crippen LogP contribution >= 0.6 is 0 Å². The van der Waals surface area contributed by atoms with E-state index < -0.39 is 6.10 Å². The number of nitrogens with zero attached hydrogens (tertiary/aromatic N) is 4. The van der Waals surface area contributed by atoms with Crippen LogP contribution in [0.5, 0.6) is 0 Å². The number of aromatic nitrogens is 2. The minimum absolute atomic E-state index is 0.0848. The Balaban J connectivity index is 1.58. The predicted octanol–water partition coefficient (Wildman–Crippen LogP) is 2.41. The average molecular weight is 368 g/mol. The summed E-state index contributed by atoms with van der Waals surface area (Å²) in [6.45, 7) is 4.63. The molecule has 1 aromatic carbocycles. The highest BCUT2D eigenvalue weighted by atomic mass is 16.3. The lowest BCUT2D eigenvalue weighted by molar-refractivity contribution is -0.132. The number of likely N-dealkylation sites (tertiary alicyclic amines) is 1. The van der Waals surface area contributed by atoms with Gasteiger partial charge in [-0.1, -0.05) is 30.3 Å². The van der Waals surface area contributed by atoms with Gasteiger partial charge in [-0.15, -0.1) is 0 Å². The van der Waals surface area contributed by atoms with Gasteiger partial charge >= 0.3 is 0 Å². The van der Waals surface area contributed by atoms with E-state index in [9.17, 15) is 9.90 Å². The average Bonchev–Trinajstić information content (AvgIpc) is 2.93. The molecule has 0 spiro atoms. The lowest BCUT2D eigenvalue weighted by atomic mass is 10.1. The second-order valence-corrected chi connectivity index (χ2v) is 7.21. The fraction of sp³-hybridized carbons (Fsp3) is 0.476. The molecule has 2 aromatic rings. The first kappa shape index (κ1) is 19.5. The monoisotopic (exact) mass is 368 g/mol. The van der Waals surface area contributed by atoms with Gasteiger partial charge in [0.2, 0.25) is 5.91 Å². The van der Waals surface area contributed by atoms with Gasteiger partial charge in [-0.3, -0.25) is 4.79 Å². The summed E-state index contributed by atoms with van der Waals surface area (Å²) in [5.41, 5.74) is 1.90. The van der Waals surface area contributed by atoms with Crippen LogP contribution in [0.25, 0.3) is 0 Å². The van der Waals surface area contributed by atoms with Crippen LogP contribution in [0.3, 0.4) is 0 Å². The Hall–Kier alpha value is -2.31. The van der Waals surface area contributed by atoms with Gasteiger partial charge < -0.3 is 14.9 Å². The number of carbonyl (C=O) groups is 1. The summed E-state index contributed by atoms with van der Waals surface area (Å²) in [7, 11) is 0. The molecule has 1 aliphatic rings. The molecule has 0 aliphatic carbocycles. The van der Waals surface area contributed by atoms with Crippen molar-refractivity contribution in [2.45, 2.75) is 44.9 Å². The van der Waals surface area contributed by atoms with Crippen LogP contribution in [-0.2, 0) is 11.3 Å². The van der Waals surface area contributed by atoms with Crippen LogP contribution in [-0.4, -0.2) is 56.5 Å². The maximum atomic E-state index is 12.2. The smallest absolute Gasteiger partial charge is 0.219 e. The molecule has 0 bridgehead atoms. The molecule has 2 atom stereocenters. The van der Waals surface area contributed by atoms with E-state index >= 15 is 0 Å². The lowest BCUT2D eigenvalue weighted by Gasteiger charge is -2.30. The number of hydrogen-bond acceptors (Lipinski definition) is 5. The fourth-order valence-electron chi connectivity index (χ4n) is 3.76. The third-order valence-corrected chi connectivity index (χ3v) is 5.22. The Morgan fingerprint density at radius 2 is 1.96 bits per heavy atom. The van der Waals surface area contributed by atoms with Crippen LogP contribution in [0.4, 0.5) is 0 Å². The third kappa shape index (κ3) is 5.58. The van der Waals surface area contributed by atoms with Crippen molar-refractivity contribution in [3.05, 3.63) is 60.2 Å². The summed E-state index contributed by atoms with van der Waals surface area (Å²) in [5.74, 6) is 0.0848. The minimum atomic E-state index is -0.479. The standard InChI is InChI=1S/C21H28N4O2/c1-17(26)25(14-18-12-22-16-23-13-18)20-8-5-10-24(11-9-20)15-21(27)19-6-3-2-4-7-19/h2-4,6-7,12-13,16,20-21,27H,5,8-11,14-15H2,1H3/t20-,21-/m1/s1. The van der Waals surface area contributed by atoms with Crippen molar-refractivity contribution < 1.29 is 9.90 Å². The van der Waals surface area contributed by atoms with E-state index in [1.807, 2.05) is 35.2 Å². The fourth-order valence-corrected chi connectivity index (χ4v) is 3.76. The lowest BCUT2D eigenvalue weighted by Crippen LogP contribution is -2.39. The third-order valence-electron chi connectivity index (χ3n) is 5.22. The van der Waals surface area contributed by atoms with Gasteiger partial charge in [0.1, 0.15) is 6.33 Å². The molecule has 1 aromatic heterocycles. The number of rotatable bonds is 6. The van der Waals surface area contributed by atoms with Gasteiger partial charge in [-0.2, -0.15) is 0 Å². The van der Waals surface area contributed by atoms with Crippen molar-refractivity contribution in [2.75, 3.05) is 19.6 Å². The van der Waals surface area contributed by atoms with Gasteiger partial charge in [0.15, 0.2) is 0 Å². The molecule has 6 heteroatoms. The van der Waals surface area contributed by atoms with Crippen LogP contribution in [0, 0.1) is 0 Å². The molecular weight excluding hydrogens is 340 g/mol. The Morgan fingerprint density at radius 3 is 2.67 bits per heavy atom. The van der Waals surface area contributed by atoms with Gasteiger partial charge in [0.05, 0.1) is 6.10 Å². The first-order valence-electron chi connectivity index (χ1n) is 9.60. The zero-order chi connectivity index (χ0) is 19.1. The summed E-state index contributed by atoms with van der Waals surface area (Å²) in [4.78, 5) is 24.6. The van der Waals surface area contributed by atoms with Crippen molar-refractivity contribution in [2.24, 2.45) is 0 Å². The molecule has 6 nitrogen and oxygen atoms in total. The van der Waals surface area contributed by atoms with Crippen molar-refractivity contribution in [3.8, 4) is 0 Å². The van der Waals surface area contributed by atoms with Gasteiger partial charge in [0.25, 0.3) is 0 Å². The molecule has 1 fully saturated rings. The van der Waals surface area contributed by atoms with Gasteiger partial charge in [-0.25, -0.2) is 9.97 Å².